The van der Waals surface area contributed by atoms with Crippen LogP contribution in [-0.4, -0.2) is 18.9 Å². The van der Waals surface area contributed by atoms with Gasteiger partial charge in [0, 0.05) is 0 Å². The lowest BCUT2D eigenvalue weighted by molar-refractivity contribution is -0.117. The summed E-state index contributed by atoms with van der Waals surface area (Å²) in [5, 5.41) is 1.78. The monoisotopic (exact) mass is 362 g/mol. The molecule has 122 valence electrons. The molecule has 2 aromatic rings. The Labute approximate surface area is 148 Å². The summed E-state index contributed by atoms with van der Waals surface area (Å²) in [6.07, 6.45) is 1.44. The fourth-order valence-electron chi connectivity index (χ4n) is 2.34. The van der Waals surface area contributed by atoms with Gasteiger partial charge in [-0.15, -0.1) is 0 Å². The zero-order valence-corrected chi connectivity index (χ0v) is 14.1. The highest BCUT2D eigenvalue weighted by molar-refractivity contribution is 6.37. The van der Waals surface area contributed by atoms with Crippen molar-refractivity contribution in [3.05, 3.63) is 63.6 Å². The van der Waals surface area contributed by atoms with Gasteiger partial charge >= 0.3 is 0 Å². The van der Waals surface area contributed by atoms with Crippen molar-refractivity contribution in [3.63, 3.8) is 0 Å². The number of hydrazine groups is 1. The van der Waals surface area contributed by atoms with Crippen LogP contribution in [0.3, 0.4) is 0 Å². The van der Waals surface area contributed by atoms with Crippen molar-refractivity contribution in [2.75, 3.05) is 12.1 Å². The minimum atomic E-state index is -0.494. The number of halogens is 2. The normalized spacial score (nSPS) is 15.8. The Morgan fingerprint density at radius 1 is 1.08 bits per heavy atom. The van der Waals surface area contributed by atoms with Crippen LogP contribution in [-0.2, 0) is 9.59 Å². The number of benzene rings is 2. The highest BCUT2D eigenvalue weighted by Gasteiger charge is 2.34. The van der Waals surface area contributed by atoms with Gasteiger partial charge < -0.3 is 4.74 Å². The summed E-state index contributed by atoms with van der Waals surface area (Å²) in [7, 11) is 1.46. The summed E-state index contributed by atoms with van der Waals surface area (Å²) in [6.45, 7) is 0. The molecule has 0 saturated carbocycles. The molecule has 7 heteroatoms. The molecule has 0 atom stereocenters. The van der Waals surface area contributed by atoms with Gasteiger partial charge in [0.15, 0.2) is 5.75 Å². The Hall–Kier alpha value is -2.50. The van der Waals surface area contributed by atoms with E-state index >= 15 is 0 Å². The topological polar surface area (TPSA) is 58.6 Å². The minimum absolute atomic E-state index is 0.00356. The van der Waals surface area contributed by atoms with Crippen LogP contribution in [0.1, 0.15) is 5.56 Å². The van der Waals surface area contributed by atoms with Crippen molar-refractivity contribution in [2.24, 2.45) is 0 Å². The summed E-state index contributed by atoms with van der Waals surface area (Å²) in [5.74, 6) is -0.602. The van der Waals surface area contributed by atoms with Crippen LogP contribution in [0, 0.1) is 0 Å². The van der Waals surface area contributed by atoms with Crippen molar-refractivity contribution in [3.8, 4) is 5.75 Å². The molecule has 0 radical (unpaired) electrons. The number of para-hydroxylation sites is 1. The lowest BCUT2D eigenvalue weighted by Gasteiger charge is -2.13. The van der Waals surface area contributed by atoms with Crippen LogP contribution >= 0.6 is 23.2 Å². The van der Waals surface area contributed by atoms with E-state index in [1.165, 1.54) is 18.2 Å². The molecule has 0 spiro atoms. The molecule has 2 aromatic carbocycles. The number of amides is 2. The van der Waals surface area contributed by atoms with Gasteiger partial charge in [0.1, 0.15) is 5.57 Å². The lowest BCUT2D eigenvalue weighted by atomic mass is 10.1. The molecule has 1 heterocycles. The van der Waals surface area contributed by atoms with E-state index in [0.717, 1.165) is 0 Å². The van der Waals surface area contributed by atoms with Crippen molar-refractivity contribution in [1.29, 1.82) is 0 Å². The molecular formula is C17H12Cl2N2O3. The van der Waals surface area contributed by atoms with Crippen molar-refractivity contribution in [1.82, 2.24) is 5.43 Å². The summed E-state index contributed by atoms with van der Waals surface area (Å²) >= 11 is 12.2. The van der Waals surface area contributed by atoms with Gasteiger partial charge in [0.2, 0.25) is 0 Å². The molecule has 0 bridgehead atoms. The minimum Gasteiger partial charge on any atom is -0.494 e. The first-order chi connectivity index (χ1) is 11.5. The lowest BCUT2D eigenvalue weighted by Crippen LogP contribution is -2.35. The second-order valence-electron chi connectivity index (χ2n) is 4.99. The predicted molar refractivity (Wildman–Crippen MR) is 93.1 cm³/mol. The second-order valence-corrected chi connectivity index (χ2v) is 5.81. The van der Waals surface area contributed by atoms with E-state index in [1.54, 1.807) is 36.4 Å². The standard InChI is InChI=1S/C17H12Cl2N2O3/c1-24-15-13(18)8-10(9-14(15)19)7-12-16(22)20-21(17(12)23)11-5-3-2-4-6-11/h2-9H,1H3,(H,20,22). The SMILES string of the molecule is COc1c(Cl)cc(C=C2C(=O)NN(c3ccccc3)C2=O)cc1Cl. The number of carbonyl (C=O) groups excluding carboxylic acids is 2. The van der Waals surface area contributed by atoms with Gasteiger partial charge in [-0.2, -0.15) is 0 Å². The molecule has 1 saturated heterocycles. The van der Waals surface area contributed by atoms with E-state index in [-0.39, 0.29) is 5.57 Å². The maximum Gasteiger partial charge on any atom is 0.282 e. The molecule has 2 amide bonds. The van der Waals surface area contributed by atoms with Crippen LogP contribution in [0.2, 0.25) is 10.0 Å². The first-order valence-electron chi connectivity index (χ1n) is 6.96. The van der Waals surface area contributed by atoms with E-state index in [4.69, 9.17) is 27.9 Å². The molecule has 3 rings (SSSR count). The van der Waals surface area contributed by atoms with Crippen LogP contribution in [0.5, 0.6) is 5.75 Å². The van der Waals surface area contributed by atoms with Crippen molar-refractivity contribution < 1.29 is 14.3 Å². The zero-order valence-electron chi connectivity index (χ0n) is 12.5. The third kappa shape index (κ3) is 2.96. The maximum absolute atomic E-state index is 12.5. The van der Waals surface area contributed by atoms with Gasteiger partial charge in [-0.1, -0.05) is 41.4 Å². The summed E-state index contributed by atoms with van der Waals surface area (Å²) < 4.78 is 5.08. The van der Waals surface area contributed by atoms with E-state index in [1.807, 2.05) is 6.07 Å². The van der Waals surface area contributed by atoms with Gasteiger partial charge in [0.05, 0.1) is 22.8 Å². The van der Waals surface area contributed by atoms with Gasteiger partial charge in [-0.3, -0.25) is 15.0 Å². The smallest absolute Gasteiger partial charge is 0.282 e. The summed E-state index contributed by atoms with van der Waals surface area (Å²) in [5.41, 5.74) is 3.63. The Morgan fingerprint density at radius 2 is 1.71 bits per heavy atom. The van der Waals surface area contributed by atoms with Crippen LogP contribution in [0.4, 0.5) is 5.69 Å². The van der Waals surface area contributed by atoms with Crippen molar-refractivity contribution >= 4 is 46.8 Å². The third-order valence-corrected chi connectivity index (χ3v) is 4.00. The molecule has 0 unspecified atom stereocenters. The molecule has 1 N–H and O–H groups in total. The number of carbonyl (C=O) groups is 2. The molecule has 24 heavy (non-hydrogen) atoms. The first-order valence-corrected chi connectivity index (χ1v) is 7.72. The molecule has 1 fully saturated rings. The third-order valence-electron chi connectivity index (χ3n) is 3.44. The van der Waals surface area contributed by atoms with Gasteiger partial charge in [-0.25, -0.2) is 5.01 Å². The average Bonchev–Trinajstić information content (AvgIpc) is 2.84. The number of rotatable bonds is 3. The second kappa shape index (κ2) is 6.55. The van der Waals surface area contributed by atoms with Crippen LogP contribution in [0.25, 0.3) is 6.08 Å². The molecule has 1 aliphatic heterocycles. The van der Waals surface area contributed by atoms with E-state index < -0.39 is 11.8 Å². The Bertz CT molecular complexity index is 827. The molecule has 0 aliphatic carbocycles. The molecule has 1 aliphatic rings. The average molecular weight is 363 g/mol. The number of hydrogen-bond acceptors (Lipinski definition) is 3. The van der Waals surface area contributed by atoms with Crippen molar-refractivity contribution in [2.45, 2.75) is 0 Å². The predicted octanol–water partition coefficient (Wildman–Crippen LogP) is 3.46. The molecule has 0 aromatic heterocycles. The number of ether oxygens (including phenoxy) is 1. The van der Waals surface area contributed by atoms with Crippen LogP contribution < -0.4 is 15.2 Å². The first kappa shape index (κ1) is 16.4. The fourth-order valence-corrected chi connectivity index (χ4v) is 3.00. The highest BCUT2D eigenvalue weighted by Crippen LogP contribution is 2.34. The van der Waals surface area contributed by atoms with E-state index in [9.17, 15) is 9.59 Å². The summed E-state index contributed by atoms with van der Waals surface area (Å²) in [6, 6.07) is 12.0. The largest absolute Gasteiger partial charge is 0.494 e. The van der Waals surface area contributed by atoms with E-state index in [0.29, 0.717) is 27.0 Å². The number of anilines is 1. The van der Waals surface area contributed by atoms with Crippen LogP contribution in [0.15, 0.2) is 48.0 Å². The highest BCUT2D eigenvalue weighted by atomic mass is 35.5. The molecule has 5 nitrogen and oxygen atoms in total. The quantitative estimate of drug-likeness (QED) is 0.671. The number of nitrogens with one attached hydrogen (secondary N) is 1. The molecular weight excluding hydrogens is 351 g/mol. The summed E-state index contributed by atoms with van der Waals surface area (Å²) in [4.78, 5) is 24.6. The Kier molecular flexibility index (Phi) is 4.46. The van der Waals surface area contributed by atoms with Gasteiger partial charge in [-0.05, 0) is 35.9 Å². The number of nitrogens with zero attached hydrogens (tertiary/aromatic N) is 1. The number of hydrogen-bond donors (Lipinski definition) is 1. The van der Waals surface area contributed by atoms with E-state index in [2.05, 4.69) is 5.43 Å². The fraction of sp³-hybridized carbons (Fsp3) is 0.0588. The Morgan fingerprint density at radius 3 is 2.29 bits per heavy atom. The maximum atomic E-state index is 12.5. The number of methoxy groups -OCH3 is 1. The van der Waals surface area contributed by atoms with Gasteiger partial charge in [0.25, 0.3) is 11.8 Å². The Balaban J connectivity index is 1.96. The zero-order chi connectivity index (χ0) is 17.3.